The van der Waals surface area contributed by atoms with Crippen molar-refractivity contribution in [1.82, 2.24) is 9.97 Å². The SMILES string of the molecule is C/C=C/c1ccnc(Cl)n1. The van der Waals surface area contributed by atoms with E-state index >= 15 is 0 Å². The molecule has 0 radical (unpaired) electrons. The molecular weight excluding hydrogens is 148 g/mol. The summed E-state index contributed by atoms with van der Waals surface area (Å²) in [6.07, 6.45) is 5.40. The van der Waals surface area contributed by atoms with Gasteiger partial charge < -0.3 is 0 Å². The van der Waals surface area contributed by atoms with E-state index in [0.717, 1.165) is 5.69 Å². The van der Waals surface area contributed by atoms with Gasteiger partial charge in [0, 0.05) is 6.20 Å². The molecule has 0 N–H and O–H groups in total. The van der Waals surface area contributed by atoms with Gasteiger partial charge in [-0.3, -0.25) is 0 Å². The predicted octanol–water partition coefficient (Wildman–Crippen LogP) is 2.16. The van der Waals surface area contributed by atoms with E-state index in [1.54, 1.807) is 12.3 Å². The van der Waals surface area contributed by atoms with Crippen molar-refractivity contribution in [2.75, 3.05) is 0 Å². The van der Waals surface area contributed by atoms with Gasteiger partial charge in [0.15, 0.2) is 0 Å². The molecule has 0 fully saturated rings. The normalized spacial score (nSPS) is 10.6. The molecule has 3 heteroatoms. The van der Waals surface area contributed by atoms with Crippen molar-refractivity contribution in [3.8, 4) is 0 Å². The second kappa shape index (κ2) is 3.32. The topological polar surface area (TPSA) is 25.8 Å². The van der Waals surface area contributed by atoms with Crippen LogP contribution in [0.1, 0.15) is 12.6 Å². The molecule has 0 aliphatic rings. The molecular formula is C7H7ClN2. The molecule has 1 heterocycles. The van der Waals surface area contributed by atoms with Crippen LogP contribution < -0.4 is 0 Å². The van der Waals surface area contributed by atoms with Crippen molar-refractivity contribution in [1.29, 1.82) is 0 Å². The molecule has 2 nitrogen and oxygen atoms in total. The van der Waals surface area contributed by atoms with Crippen LogP contribution in [0.4, 0.5) is 0 Å². The van der Waals surface area contributed by atoms with Gasteiger partial charge in [-0.25, -0.2) is 9.97 Å². The molecule has 0 aromatic carbocycles. The second-order valence-corrected chi connectivity index (χ2v) is 2.09. The summed E-state index contributed by atoms with van der Waals surface area (Å²) in [4.78, 5) is 7.67. The third-order valence-corrected chi connectivity index (χ3v) is 1.17. The van der Waals surface area contributed by atoms with Crippen LogP contribution >= 0.6 is 11.6 Å². The van der Waals surface area contributed by atoms with E-state index in [-0.39, 0.29) is 5.28 Å². The summed E-state index contributed by atoms with van der Waals surface area (Å²) in [6, 6.07) is 1.80. The fraction of sp³-hybridized carbons (Fsp3) is 0.143. The number of hydrogen-bond acceptors (Lipinski definition) is 2. The monoisotopic (exact) mass is 154 g/mol. The molecule has 0 saturated heterocycles. The molecule has 0 spiro atoms. The van der Waals surface area contributed by atoms with Crippen LogP contribution in [0.5, 0.6) is 0 Å². The van der Waals surface area contributed by atoms with Gasteiger partial charge in [0.05, 0.1) is 5.69 Å². The maximum absolute atomic E-state index is 5.52. The summed E-state index contributed by atoms with van der Waals surface area (Å²) >= 11 is 5.52. The average Bonchev–Trinajstić information content (AvgIpc) is 1.88. The quantitative estimate of drug-likeness (QED) is 0.580. The molecule has 1 aromatic heterocycles. The van der Waals surface area contributed by atoms with Gasteiger partial charge in [-0.2, -0.15) is 0 Å². The van der Waals surface area contributed by atoms with E-state index in [4.69, 9.17) is 11.6 Å². The van der Waals surface area contributed by atoms with E-state index < -0.39 is 0 Å². The summed E-state index contributed by atoms with van der Waals surface area (Å²) in [6.45, 7) is 1.93. The fourth-order valence-corrected chi connectivity index (χ4v) is 0.765. The number of nitrogens with zero attached hydrogens (tertiary/aromatic N) is 2. The van der Waals surface area contributed by atoms with Crippen LogP contribution in [0.3, 0.4) is 0 Å². The highest BCUT2D eigenvalue weighted by Gasteiger charge is 1.89. The zero-order valence-corrected chi connectivity index (χ0v) is 6.34. The van der Waals surface area contributed by atoms with Crippen molar-refractivity contribution in [2.45, 2.75) is 6.92 Å². The lowest BCUT2D eigenvalue weighted by Crippen LogP contribution is -1.82. The Hall–Kier alpha value is -0.890. The first-order valence-electron chi connectivity index (χ1n) is 2.94. The van der Waals surface area contributed by atoms with E-state index in [0.29, 0.717) is 0 Å². The van der Waals surface area contributed by atoms with Crippen LogP contribution in [-0.2, 0) is 0 Å². The Morgan fingerprint density at radius 3 is 3.00 bits per heavy atom. The summed E-state index contributed by atoms with van der Waals surface area (Å²) in [5, 5.41) is 0.288. The zero-order valence-electron chi connectivity index (χ0n) is 5.58. The molecule has 0 atom stereocenters. The second-order valence-electron chi connectivity index (χ2n) is 1.75. The van der Waals surface area contributed by atoms with Gasteiger partial charge in [-0.1, -0.05) is 6.08 Å². The van der Waals surface area contributed by atoms with Crippen LogP contribution in [0, 0.1) is 0 Å². The lowest BCUT2D eigenvalue weighted by molar-refractivity contribution is 1.15. The van der Waals surface area contributed by atoms with Crippen molar-refractivity contribution in [3.05, 3.63) is 29.3 Å². The minimum atomic E-state index is 0.288. The average molecular weight is 155 g/mol. The molecule has 0 aliphatic carbocycles. The van der Waals surface area contributed by atoms with Crippen molar-refractivity contribution >= 4 is 17.7 Å². The molecule has 0 amide bonds. The summed E-state index contributed by atoms with van der Waals surface area (Å²) in [5.74, 6) is 0. The Morgan fingerprint density at radius 2 is 2.40 bits per heavy atom. The molecule has 1 rings (SSSR count). The standard InChI is InChI=1S/C7H7ClN2/c1-2-3-6-4-5-9-7(8)10-6/h2-5H,1H3/b3-2+. The van der Waals surface area contributed by atoms with E-state index in [2.05, 4.69) is 9.97 Å². The highest BCUT2D eigenvalue weighted by atomic mass is 35.5. The van der Waals surface area contributed by atoms with E-state index in [9.17, 15) is 0 Å². The van der Waals surface area contributed by atoms with Gasteiger partial charge in [0.25, 0.3) is 0 Å². The Morgan fingerprint density at radius 1 is 1.60 bits per heavy atom. The maximum atomic E-state index is 5.52. The summed E-state index contributed by atoms with van der Waals surface area (Å²) < 4.78 is 0. The van der Waals surface area contributed by atoms with Crippen molar-refractivity contribution in [3.63, 3.8) is 0 Å². The van der Waals surface area contributed by atoms with E-state index in [1.165, 1.54) is 0 Å². The maximum Gasteiger partial charge on any atom is 0.222 e. The van der Waals surface area contributed by atoms with Gasteiger partial charge in [0.1, 0.15) is 0 Å². The molecule has 0 unspecified atom stereocenters. The van der Waals surface area contributed by atoms with Gasteiger partial charge in [-0.05, 0) is 30.7 Å². The van der Waals surface area contributed by atoms with Gasteiger partial charge in [-0.15, -0.1) is 0 Å². The summed E-state index contributed by atoms with van der Waals surface area (Å²) in [5.41, 5.74) is 0.836. The minimum absolute atomic E-state index is 0.288. The van der Waals surface area contributed by atoms with Crippen molar-refractivity contribution < 1.29 is 0 Å². The number of halogens is 1. The highest BCUT2D eigenvalue weighted by molar-refractivity contribution is 6.28. The molecule has 0 saturated carbocycles. The van der Waals surface area contributed by atoms with Crippen LogP contribution in [0.15, 0.2) is 18.3 Å². The largest absolute Gasteiger partial charge is 0.226 e. The fourth-order valence-electron chi connectivity index (χ4n) is 0.611. The van der Waals surface area contributed by atoms with Crippen molar-refractivity contribution in [2.24, 2.45) is 0 Å². The Labute approximate surface area is 64.6 Å². The molecule has 0 aliphatic heterocycles. The Balaban J connectivity index is 2.95. The first-order chi connectivity index (χ1) is 4.83. The first kappa shape index (κ1) is 7.22. The van der Waals surface area contributed by atoms with Crippen LogP contribution in [0.25, 0.3) is 6.08 Å². The molecule has 0 bridgehead atoms. The molecule has 52 valence electrons. The van der Waals surface area contributed by atoms with Crippen LogP contribution in [-0.4, -0.2) is 9.97 Å². The van der Waals surface area contributed by atoms with Gasteiger partial charge >= 0.3 is 0 Å². The Kier molecular flexibility index (Phi) is 2.40. The third-order valence-electron chi connectivity index (χ3n) is 0.985. The number of rotatable bonds is 1. The third kappa shape index (κ3) is 1.81. The minimum Gasteiger partial charge on any atom is -0.226 e. The highest BCUT2D eigenvalue weighted by Crippen LogP contribution is 2.01. The number of allylic oxidation sites excluding steroid dienone is 1. The van der Waals surface area contributed by atoms with Crippen LogP contribution in [0.2, 0.25) is 5.28 Å². The molecule has 1 aromatic rings. The predicted molar refractivity (Wildman–Crippen MR) is 41.8 cm³/mol. The Bertz CT molecular complexity index is 245. The zero-order chi connectivity index (χ0) is 7.40. The smallest absolute Gasteiger partial charge is 0.222 e. The first-order valence-corrected chi connectivity index (χ1v) is 3.32. The summed E-state index contributed by atoms with van der Waals surface area (Å²) in [7, 11) is 0. The lowest BCUT2D eigenvalue weighted by atomic mass is 10.4. The number of hydrogen-bond donors (Lipinski definition) is 0. The lowest BCUT2D eigenvalue weighted by Gasteiger charge is -1.89. The van der Waals surface area contributed by atoms with Gasteiger partial charge in [0.2, 0.25) is 5.28 Å². The number of aromatic nitrogens is 2. The molecule has 10 heavy (non-hydrogen) atoms. The van der Waals surface area contributed by atoms with E-state index in [1.807, 2.05) is 19.1 Å².